The van der Waals surface area contributed by atoms with Gasteiger partial charge in [0.1, 0.15) is 0 Å². The Morgan fingerprint density at radius 3 is 1.63 bits per heavy atom. The molecule has 0 heterocycles. The van der Waals surface area contributed by atoms with E-state index in [0.717, 1.165) is 16.7 Å². The summed E-state index contributed by atoms with van der Waals surface area (Å²) in [6.07, 6.45) is -0.238. The van der Waals surface area contributed by atoms with E-state index in [1.807, 2.05) is 13.8 Å². The number of anilines is 1. The number of hydrogen-bond acceptors (Lipinski definition) is 5. The Balaban J connectivity index is 2.04. The van der Waals surface area contributed by atoms with Crippen molar-refractivity contribution in [1.29, 1.82) is 0 Å². The minimum absolute atomic E-state index is 0.000547. The molecule has 5 nitrogen and oxygen atoms in total. The summed E-state index contributed by atoms with van der Waals surface area (Å²) in [5.41, 5.74) is 9.67. The largest absolute Gasteiger partial charge is 0.398 e. The van der Waals surface area contributed by atoms with Crippen molar-refractivity contribution < 1.29 is 16.8 Å². The van der Waals surface area contributed by atoms with Crippen LogP contribution in [0.4, 0.5) is 5.69 Å². The fourth-order valence-corrected chi connectivity index (χ4v) is 9.27. The second-order valence-corrected chi connectivity index (χ2v) is 12.5. The lowest BCUT2D eigenvalue weighted by atomic mass is 9.98. The lowest BCUT2D eigenvalue weighted by Gasteiger charge is -2.29. The van der Waals surface area contributed by atoms with E-state index in [1.54, 1.807) is 42.5 Å². The molecule has 0 unspecified atom stereocenters. The molecule has 0 saturated carbocycles. The predicted molar refractivity (Wildman–Crippen MR) is 118 cm³/mol. The first-order valence-electron chi connectivity index (χ1n) is 9.58. The monoisotopic (exact) mass is 441 g/mol. The van der Waals surface area contributed by atoms with Crippen molar-refractivity contribution in [3.05, 3.63) is 89.0 Å². The van der Waals surface area contributed by atoms with Crippen LogP contribution in [0.5, 0.6) is 0 Å². The van der Waals surface area contributed by atoms with E-state index in [-0.39, 0.29) is 22.6 Å². The Hall–Kier alpha value is -2.64. The van der Waals surface area contributed by atoms with Gasteiger partial charge in [-0.25, -0.2) is 16.8 Å². The average molecular weight is 442 g/mol. The molecule has 1 aliphatic rings. The highest BCUT2D eigenvalue weighted by Crippen LogP contribution is 2.48. The highest BCUT2D eigenvalue weighted by atomic mass is 32.3. The Morgan fingerprint density at radius 2 is 1.17 bits per heavy atom. The SMILES string of the molecule is Cc1cc(N)c(C)c2c1CC(S(=O)(=O)c1ccccc1)(S(=O)(=O)c1ccccc1)C2. The summed E-state index contributed by atoms with van der Waals surface area (Å²) in [6, 6.07) is 17.4. The van der Waals surface area contributed by atoms with Crippen LogP contribution in [0.2, 0.25) is 0 Å². The van der Waals surface area contributed by atoms with Gasteiger partial charge < -0.3 is 5.73 Å². The Labute approximate surface area is 177 Å². The minimum Gasteiger partial charge on any atom is -0.398 e. The van der Waals surface area contributed by atoms with Crippen molar-refractivity contribution in [2.75, 3.05) is 5.73 Å². The standard InChI is InChI=1S/C23H23NO4S2/c1-16-13-22(24)17(2)21-15-23(14-20(16)21,29(25,26)18-9-5-3-6-10-18)30(27,28)19-11-7-4-8-12-19/h3-13H,14-15,24H2,1-2H3. The van der Waals surface area contributed by atoms with Gasteiger partial charge >= 0.3 is 0 Å². The summed E-state index contributed by atoms with van der Waals surface area (Å²) in [5.74, 6) is 0. The third-order valence-corrected chi connectivity index (χ3v) is 11.7. The fraction of sp³-hybridized carbons (Fsp3) is 0.217. The maximum Gasteiger partial charge on any atom is 0.199 e. The summed E-state index contributed by atoms with van der Waals surface area (Å²) in [4.78, 5) is 0.00109. The zero-order valence-corrected chi connectivity index (χ0v) is 18.4. The normalized spacial score (nSPS) is 15.7. The van der Waals surface area contributed by atoms with E-state index in [9.17, 15) is 16.8 Å². The van der Waals surface area contributed by atoms with E-state index in [2.05, 4.69) is 0 Å². The molecule has 0 radical (unpaired) electrons. The molecule has 0 bridgehead atoms. The maximum absolute atomic E-state index is 13.9. The molecule has 4 rings (SSSR count). The van der Waals surface area contributed by atoms with Crippen molar-refractivity contribution in [1.82, 2.24) is 0 Å². The van der Waals surface area contributed by atoms with Gasteiger partial charge in [-0.05, 0) is 66.4 Å². The number of aryl methyl sites for hydroxylation is 1. The minimum atomic E-state index is -4.25. The zero-order valence-electron chi connectivity index (χ0n) is 16.8. The van der Waals surface area contributed by atoms with Gasteiger partial charge in [-0.2, -0.15) is 0 Å². The van der Waals surface area contributed by atoms with Crippen LogP contribution < -0.4 is 5.73 Å². The quantitative estimate of drug-likeness (QED) is 0.624. The summed E-state index contributed by atoms with van der Waals surface area (Å²) in [6.45, 7) is 3.66. The molecule has 1 aliphatic carbocycles. The maximum atomic E-state index is 13.9. The number of rotatable bonds is 4. The smallest absolute Gasteiger partial charge is 0.199 e. The lowest BCUT2D eigenvalue weighted by molar-refractivity contribution is 0.541. The third kappa shape index (κ3) is 2.80. The molecular weight excluding hydrogens is 418 g/mol. The van der Waals surface area contributed by atoms with E-state index >= 15 is 0 Å². The van der Waals surface area contributed by atoms with Gasteiger partial charge in [0.2, 0.25) is 0 Å². The Morgan fingerprint density at radius 1 is 0.733 bits per heavy atom. The van der Waals surface area contributed by atoms with Gasteiger partial charge in [-0.3, -0.25) is 0 Å². The molecule has 3 aromatic carbocycles. The molecule has 0 amide bonds. The number of benzene rings is 3. The first kappa shape index (κ1) is 20.6. The van der Waals surface area contributed by atoms with E-state index in [0.29, 0.717) is 11.3 Å². The van der Waals surface area contributed by atoms with Gasteiger partial charge in [0.15, 0.2) is 23.8 Å². The fourth-order valence-electron chi connectivity index (χ4n) is 4.31. The molecule has 0 atom stereocenters. The van der Waals surface area contributed by atoms with Crippen molar-refractivity contribution in [3.8, 4) is 0 Å². The third-order valence-electron chi connectivity index (χ3n) is 6.08. The lowest BCUT2D eigenvalue weighted by Crippen LogP contribution is -2.47. The van der Waals surface area contributed by atoms with E-state index in [4.69, 9.17) is 5.73 Å². The second kappa shape index (κ2) is 6.96. The van der Waals surface area contributed by atoms with Crippen molar-refractivity contribution in [2.24, 2.45) is 0 Å². The van der Waals surface area contributed by atoms with Crippen LogP contribution in [0.1, 0.15) is 22.3 Å². The second-order valence-electron chi connectivity index (χ2n) is 7.76. The van der Waals surface area contributed by atoms with Gasteiger partial charge in [-0.1, -0.05) is 36.4 Å². The van der Waals surface area contributed by atoms with Crippen LogP contribution in [-0.4, -0.2) is 20.9 Å². The van der Waals surface area contributed by atoms with Gasteiger partial charge in [-0.15, -0.1) is 0 Å². The molecule has 0 aromatic heterocycles. The van der Waals surface area contributed by atoms with Gasteiger partial charge in [0.25, 0.3) is 0 Å². The van der Waals surface area contributed by atoms with E-state index in [1.165, 1.54) is 24.3 Å². The number of hydrogen-bond donors (Lipinski definition) is 1. The number of nitrogen functional groups attached to an aromatic ring is 1. The van der Waals surface area contributed by atoms with Crippen LogP contribution in [0, 0.1) is 13.8 Å². The number of nitrogens with two attached hydrogens (primary N) is 1. The van der Waals surface area contributed by atoms with Crippen LogP contribution in [0.15, 0.2) is 76.5 Å². The molecule has 0 aliphatic heterocycles. The molecular formula is C23H23NO4S2. The van der Waals surface area contributed by atoms with Crippen LogP contribution in [0.3, 0.4) is 0 Å². The van der Waals surface area contributed by atoms with E-state index < -0.39 is 23.8 Å². The summed E-state index contributed by atoms with van der Waals surface area (Å²) >= 11 is 0. The highest BCUT2D eigenvalue weighted by molar-refractivity contribution is 8.10. The molecule has 0 spiro atoms. The van der Waals surface area contributed by atoms with Gasteiger partial charge in [0.05, 0.1) is 9.79 Å². The molecule has 2 N–H and O–H groups in total. The molecule has 0 fully saturated rings. The van der Waals surface area contributed by atoms with Crippen LogP contribution in [0.25, 0.3) is 0 Å². The molecule has 156 valence electrons. The summed E-state index contributed by atoms with van der Waals surface area (Å²) in [7, 11) is -8.50. The summed E-state index contributed by atoms with van der Waals surface area (Å²) < 4.78 is 53.7. The molecule has 0 saturated heterocycles. The van der Waals surface area contributed by atoms with Crippen molar-refractivity contribution in [2.45, 2.75) is 40.6 Å². The van der Waals surface area contributed by atoms with Gasteiger partial charge in [0, 0.05) is 18.5 Å². The average Bonchev–Trinajstić information content (AvgIpc) is 3.18. The summed E-state index contributed by atoms with van der Waals surface area (Å²) in [5, 5.41) is 0. The van der Waals surface area contributed by atoms with Crippen molar-refractivity contribution >= 4 is 25.4 Å². The molecule has 30 heavy (non-hydrogen) atoms. The first-order chi connectivity index (χ1) is 14.1. The highest BCUT2D eigenvalue weighted by Gasteiger charge is 2.59. The van der Waals surface area contributed by atoms with Crippen molar-refractivity contribution in [3.63, 3.8) is 0 Å². The van der Waals surface area contributed by atoms with Crippen LogP contribution in [-0.2, 0) is 32.5 Å². The first-order valence-corrected chi connectivity index (χ1v) is 12.6. The Bertz CT molecular complexity index is 1260. The van der Waals surface area contributed by atoms with Crippen LogP contribution >= 0.6 is 0 Å². The topological polar surface area (TPSA) is 94.3 Å². The zero-order chi connectivity index (χ0) is 21.7. The predicted octanol–water partition coefficient (Wildman–Crippen LogP) is 3.63. The number of sulfone groups is 2. The molecule has 3 aromatic rings. The molecule has 7 heteroatoms. The Kier molecular flexibility index (Phi) is 4.78. The number of fused-ring (bicyclic) bond motifs is 1.